The summed E-state index contributed by atoms with van der Waals surface area (Å²) in [6, 6.07) is 4.18. The van der Waals surface area contributed by atoms with Gasteiger partial charge in [-0.1, -0.05) is 13.0 Å². The number of hydrogen-bond donors (Lipinski definition) is 2. The molecular weight excluding hydrogens is 445 g/mol. The van der Waals surface area contributed by atoms with E-state index in [0.29, 0.717) is 0 Å². The molecule has 0 atom stereocenters. The van der Waals surface area contributed by atoms with Crippen LogP contribution in [0.1, 0.15) is 35.0 Å². The quantitative estimate of drug-likeness (QED) is 0.351. The molecule has 2 heterocycles. The average Bonchev–Trinajstić information content (AvgIpc) is 3.05. The molecule has 0 amide bonds. The van der Waals surface area contributed by atoms with Gasteiger partial charge in [-0.25, -0.2) is 4.98 Å². The third kappa shape index (κ3) is 8.13. The van der Waals surface area contributed by atoms with Crippen LogP contribution in [-0.2, 0) is 19.3 Å². The first-order valence-electron chi connectivity index (χ1n) is 8.58. The van der Waals surface area contributed by atoms with Crippen molar-refractivity contribution < 1.29 is 0 Å². The molecular formula is C18H28IN5S. The average molecular weight is 473 g/mol. The monoisotopic (exact) mass is 473 g/mol. The van der Waals surface area contributed by atoms with Gasteiger partial charge in [0, 0.05) is 49.0 Å². The molecule has 0 aliphatic heterocycles. The van der Waals surface area contributed by atoms with E-state index >= 15 is 0 Å². The third-order valence-corrected chi connectivity index (χ3v) is 4.77. The van der Waals surface area contributed by atoms with E-state index in [1.54, 1.807) is 11.3 Å². The number of aliphatic imine (C=N–C) groups is 1. The highest BCUT2D eigenvalue weighted by Gasteiger charge is 2.01. The summed E-state index contributed by atoms with van der Waals surface area (Å²) < 4.78 is 0. The predicted molar refractivity (Wildman–Crippen MR) is 117 cm³/mol. The van der Waals surface area contributed by atoms with E-state index in [1.165, 1.54) is 10.4 Å². The number of thiazole rings is 1. The largest absolute Gasteiger partial charge is 0.357 e. The zero-order valence-electron chi connectivity index (χ0n) is 15.2. The highest BCUT2D eigenvalue weighted by Crippen LogP contribution is 2.13. The lowest BCUT2D eigenvalue weighted by Crippen LogP contribution is -2.38. The van der Waals surface area contributed by atoms with Crippen molar-refractivity contribution in [3.8, 4) is 0 Å². The Labute approximate surface area is 171 Å². The van der Waals surface area contributed by atoms with E-state index in [9.17, 15) is 0 Å². The minimum Gasteiger partial charge on any atom is -0.357 e. The summed E-state index contributed by atoms with van der Waals surface area (Å²) in [7, 11) is 0. The van der Waals surface area contributed by atoms with Gasteiger partial charge in [-0.3, -0.25) is 9.98 Å². The Morgan fingerprint density at radius 1 is 1.12 bits per heavy atom. The Balaban J connectivity index is 0.00000312. The summed E-state index contributed by atoms with van der Waals surface area (Å²) >= 11 is 1.79. The molecule has 0 saturated heterocycles. The van der Waals surface area contributed by atoms with E-state index in [0.717, 1.165) is 55.6 Å². The molecule has 2 aromatic heterocycles. The van der Waals surface area contributed by atoms with Crippen LogP contribution in [-0.4, -0.2) is 35.6 Å². The molecule has 7 heteroatoms. The predicted octanol–water partition coefficient (Wildman–Crippen LogP) is 3.37. The summed E-state index contributed by atoms with van der Waals surface area (Å²) in [5, 5.41) is 7.83. The first-order valence-corrected chi connectivity index (χ1v) is 9.40. The van der Waals surface area contributed by atoms with Crippen LogP contribution in [0.5, 0.6) is 0 Å². The molecule has 2 N–H and O–H groups in total. The minimum atomic E-state index is 0. The van der Waals surface area contributed by atoms with Crippen LogP contribution in [0.15, 0.2) is 29.5 Å². The lowest BCUT2D eigenvalue weighted by molar-refractivity contribution is 0.794. The number of pyridine rings is 1. The van der Waals surface area contributed by atoms with Crippen molar-refractivity contribution in [1.29, 1.82) is 0 Å². The molecule has 0 saturated carbocycles. The molecule has 138 valence electrons. The van der Waals surface area contributed by atoms with E-state index < -0.39 is 0 Å². The lowest BCUT2D eigenvalue weighted by atomic mass is 10.2. The van der Waals surface area contributed by atoms with E-state index in [4.69, 9.17) is 0 Å². The summed E-state index contributed by atoms with van der Waals surface area (Å²) in [6.07, 6.45) is 6.80. The normalized spacial score (nSPS) is 11.1. The molecule has 0 aliphatic carbocycles. The van der Waals surface area contributed by atoms with Gasteiger partial charge < -0.3 is 10.6 Å². The van der Waals surface area contributed by atoms with Gasteiger partial charge in [0.2, 0.25) is 0 Å². The fraction of sp³-hybridized carbons (Fsp3) is 0.500. The van der Waals surface area contributed by atoms with Crippen LogP contribution >= 0.6 is 35.3 Å². The first-order chi connectivity index (χ1) is 11.7. The summed E-state index contributed by atoms with van der Waals surface area (Å²) in [6.45, 7) is 8.69. The lowest BCUT2D eigenvalue weighted by Gasteiger charge is -2.11. The van der Waals surface area contributed by atoms with E-state index in [2.05, 4.69) is 45.5 Å². The van der Waals surface area contributed by atoms with Gasteiger partial charge in [0.25, 0.3) is 0 Å². The van der Waals surface area contributed by atoms with Crippen molar-refractivity contribution in [2.45, 2.75) is 40.0 Å². The van der Waals surface area contributed by atoms with Gasteiger partial charge in [-0.05, 0) is 38.3 Å². The number of halogens is 1. The Morgan fingerprint density at radius 3 is 2.60 bits per heavy atom. The van der Waals surface area contributed by atoms with Gasteiger partial charge in [-0.2, -0.15) is 0 Å². The summed E-state index contributed by atoms with van der Waals surface area (Å²) in [4.78, 5) is 14.7. The topological polar surface area (TPSA) is 62.2 Å². The fourth-order valence-electron chi connectivity index (χ4n) is 2.20. The Morgan fingerprint density at radius 2 is 1.96 bits per heavy atom. The fourth-order valence-corrected chi connectivity index (χ4v) is 3.05. The van der Waals surface area contributed by atoms with Crippen molar-refractivity contribution in [2.24, 2.45) is 4.99 Å². The number of aromatic nitrogens is 2. The molecule has 0 fully saturated rings. The number of nitrogens with zero attached hydrogens (tertiary/aromatic N) is 3. The van der Waals surface area contributed by atoms with Gasteiger partial charge in [-0.15, -0.1) is 35.3 Å². The zero-order chi connectivity index (χ0) is 17.2. The van der Waals surface area contributed by atoms with Gasteiger partial charge >= 0.3 is 0 Å². The standard InChI is InChI=1S/C18H27N5S.HI/c1-4-16-13-23-17(24-16)9-11-21-18(19-5-2)20-10-8-15-7-6-14(3)22-12-15;/h6-7,12-13H,4-5,8-11H2,1-3H3,(H2,19,20,21);1H. The smallest absolute Gasteiger partial charge is 0.191 e. The SMILES string of the molecule is CCNC(=NCCc1ncc(CC)s1)NCCc1ccc(C)nc1.I. The zero-order valence-corrected chi connectivity index (χ0v) is 18.4. The van der Waals surface area contributed by atoms with Crippen LogP contribution in [0.4, 0.5) is 0 Å². The molecule has 2 aromatic rings. The molecule has 2 rings (SSSR count). The van der Waals surface area contributed by atoms with Gasteiger partial charge in [0.05, 0.1) is 5.01 Å². The van der Waals surface area contributed by atoms with Crippen LogP contribution in [0.3, 0.4) is 0 Å². The molecule has 0 aromatic carbocycles. The van der Waals surface area contributed by atoms with Crippen molar-refractivity contribution in [3.63, 3.8) is 0 Å². The Kier molecular flexibility index (Phi) is 10.6. The molecule has 0 aliphatic rings. The molecule has 0 spiro atoms. The number of hydrogen-bond acceptors (Lipinski definition) is 4. The summed E-state index contributed by atoms with van der Waals surface area (Å²) in [5.41, 5.74) is 2.29. The second-order valence-electron chi connectivity index (χ2n) is 5.57. The van der Waals surface area contributed by atoms with Crippen molar-refractivity contribution in [3.05, 3.63) is 45.7 Å². The van der Waals surface area contributed by atoms with E-state index in [1.807, 2.05) is 25.4 Å². The molecule has 0 radical (unpaired) electrons. The van der Waals surface area contributed by atoms with Gasteiger partial charge in [0.1, 0.15) is 0 Å². The number of guanidine groups is 1. The van der Waals surface area contributed by atoms with Crippen molar-refractivity contribution >= 4 is 41.3 Å². The Bertz CT molecular complexity index is 639. The van der Waals surface area contributed by atoms with Crippen LogP contribution < -0.4 is 10.6 Å². The number of nitrogens with one attached hydrogen (secondary N) is 2. The van der Waals surface area contributed by atoms with Crippen molar-refractivity contribution in [2.75, 3.05) is 19.6 Å². The molecule has 5 nitrogen and oxygen atoms in total. The first kappa shape index (κ1) is 21.8. The highest BCUT2D eigenvalue weighted by atomic mass is 127. The van der Waals surface area contributed by atoms with Crippen LogP contribution in [0, 0.1) is 6.92 Å². The second-order valence-corrected chi connectivity index (χ2v) is 6.77. The third-order valence-electron chi connectivity index (χ3n) is 3.57. The van der Waals surface area contributed by atoms with E-state index in [-0.39, 0.29) is 24.0 Å². The minimum absolute atomic E-state index is 0. The second kappa shape index (κ2) is 12.2. The van der Waals surface area contributed by atoms with Gasteiger partial charge in [0.15, 0.2) is 5.96 Å². The molecule has 0 bridgehead atoms. The van der Waals surface area contributed by atoms with Crippen LogP contribution in [0.2, 0.25) is 0 Å². The highest BCUT2D eigenvalue weighted by molar-refractivity contribution is 14.0. The Hall–Kier alpha value is -1.22. The number of rotatable bonds is 8. The maximum Gasteiger partial charge on any atom is 0.191 e. The number of aryl methyl sites for hydroxylation is 2. The van der Waals surface area contributed by atoms with Crippen molar-refractivity contribution in [1.82, 2.24) is 20.6 Å². The van der Waals surface area contributed by atoms with Crippen LogP contribution in [0.25, 0.3) is 0 Å². The summed E-state index contributed by atoms with van der Waals surface area (Å²) in [5.74, 6) is 0.866. The molecule has 25 heavy (non-hydrogen) atoms. The maximum atomic E-state index is 4.63. The maximum absolute atomic E-state index is 4.63. The molecule has 0 unspecified atom stereocenters.